The summed E-state index contributed by atoms with van der Waals surface area (Å²) in [5.41, 5.74) is 3.10. The molecule has 0 bridgehead atoms. The standard InChI is InChI=1S/C24H26N6O2S/c1-16(17-7-9-18(10-8-17)30-14-25-13-27-30)28(2)21(31)11-12-29-15-26-23-22(24(29)32)19-5-3-4-6-20(19)33-23/h7-10,13-16H,3-6,11-12H2,1-2H3/t16-/m0/s1. The topological polar surface area (TPSA) is 85.9 Å². The maximum absolute atomic E-state index is 13.1. The second-order valence-electron chi connectivity index (χ2n) is 8.50. The molecule has 9 heteroatoms. The van der Waals surface area contributed by atoms with Crippen LogP contribution in [0.4, 0.5) is 0 Å². The van der Waals surface area contributed by atoms with E-state index in [2.05, 4.69) is 15.1 Å². The highest BCUT2D eigenvalue weighted by atomic mass is 32.1. The highest BCUT2D eigenvalue weighted by Gasteiger charge is 2.21. The average molecular weight is 463 g/mol. The Balaban J connectivity index is 1.27. The van der Waals surface area contributed by atoms with Crippen molar-refractivity contribution in [3.8, 4) is 5.69 Å². The van der Waals surface area contributed by atoms with E-state index in [-0.39, 0.29) is 23.9 Å². The molecule has 4 aromatic rings. The summed E-state index contributed by atoms with van der Waals surface area (Å²) in [6, 6.07) is 7.81. The number of aromatic nitrogens is 5. The molecule has 1 aliphatic carbocycles. The van der Waals surface area contributed by atoms with Gasteiger partial charge >= 0.3 is 0 Å². The molecule has 0 unspecified atom stereocenters. The van der Waals surface area contributed by atoms with Crippen molar-refractivity contribution in [2.24, 2.45) is 0 Å². The highest BCUT2D eigenvalue weighted by Crippen LogP contribution is 2.33. The Morgan fingerprint density at radius 1 is 1.18 bits per heavy atom. The summed E-state index contributed by atoms with van der Waals surface area (Å²) in [4.78, 5) is 38.4. The lowest BCUT2D eigenvalue weighted by atomic mass is 9.97. The van der Waals surface area contributed by atoms with Gasteiger partial charge in [0.05, 0.1) is 23.4 Å². The number of hydrogen-bond donors (Lipinski definition) is 0. The molecule has 0 N–H and O–H groups in total. The smallest absolute Gasteiger partial charge is 0.262 e. The molecular weight excluding hydrogens is 436 g/mol. The van der Waals surface area contributed by atoms with Gasteiger partial charge in [0.25, 0.3) is 5.56 Å². The minimum absolute atomic E-state index is 0.0119. The van der Waals surface area contributed by atoms with Gasteiger partial charge in [-0.25, -0.2) is 14.6 Å². The third kappa shape index (κ3) is 4.08. The molecule has 3 heterocycles. The van der Waals surface area contributed by atoms with E-state index in [9.17, 15) is 9.59 Å². The van der Waals surface area contributed by atoms with E-state index in [1.54, 1.807) is 45.2 Å². The van der Waals surface area contributed by atoms with Gasteiger partial charge in [-0.15, -0.1) is 11.3 Å². The maximum atomic E-state index is 13.1. The zero-order chi connectivity index (χ0) is 22.9. The van der Waals surface area contributed by atoms with Gasteiger partial charge in [0.2, 0.25) is 5.91 Å². The number of fused-ring (bicyclic) bond motifs is 3. The predicted octanol–water partition coefficient (Wildman–Crippen LogP) is 3.53. The van der Waals surface area contributed by atoms with Crippen LogP contribution in [-0.4, -0.2) is 42.2 Å². The lowest BCUT2D eigenvalue weighted by Crippen LogP contribution is -2.31. The Labute approximate surface area is 195 Å². The molecule has 0 fully saturated rings. The summed E-state index contributed by atoms with van der Waals surface area (Å²) in [6.07, 6.45) is 9.26. The highest BCUT2D eigenvalue weighted by molar-refractivity contribution is 7.18. The Bertz CT molecular complexity index is 1340. The molecule has 0 saturated heterocycles. The van der Waals surface area contributed by atoms with Gasteiger partial charge in [0.15, 0.2) is 0 Å². The van der Waals surface area contributed by atoms with E-state index in [0.717, 1.165) is 40.7 Å². The largest absolute Gasteiger partial charge is 0.339 e. The van der Waals surface area contributed by atoms with Crippen molar-refractivity contribution in [2.45, 2.75) is 51.6 Å². The molecule has 1 aliphatic rings. The van der Waals surface area contributed by atoms with Crippen molar-refractivity contribution in [1.29, 1.82) is 0 Å². The second-order valence-corrected chi connectivity index (χ2v) is 9.58. The number of thiophene rings is 1. The molecule has 0 aliphatic heterocycles. The van der Waals surface area contributed by atoms with E-state index >= 15 is 0 Å². The van der Waals surface area contributed by atoms with Gasteiger partial charge in [-0.3, -0.25) is 14.2 Å². The van der Waals surface area contributed by atoms with E-state index in [1.165, 1.54) is 23.2 Å². The number of carbonyl (C=O) groups is 1. The normalized spacial score (nSPS) is 14.2. The molecular formula is C24H26N6O2S. The molecule has 1 aromatic carbocycles. The summed E-state index contributed by atoms with van der Waals surface area (Å²) >= 11 is 1.64. The van der Waals surface area contributed by atoms with Crippen LogP contribution in [0.2, 0.25) is 0 Å². The fourth-order valence-electron chi connectivity index (χ4n) is 4.42. The van der Waals surface area contributed by atoms with Gasteiger partial charge in [-0.05, 0) is 55.9 Å². The number of carbonyl (C=O) groups excluding carboxylic acids is 1. The molecule has 0 spiro atoms. The third-order valence-corrected chi connectivity index (χ3v) is 7.74. The van der Waals surface area contributed by atoms with Crippen molar-refractivity contribution >= 4 is 27.5 Å². The number of hydrogen-bond acceptors (Lipinski definition) is 6. The molecule has 0 saturated carbocycles. The molecule has 8 nitrogen and oxygen atoms in total. The van der Waals surface area contributed by atoms with Crippen LogP contribution in [0.5, 0.6) is 0 Å². The van der Waals surface area contributed by atoms with Gasteiger partial charge in [-0.2, -0.15) is 5.10 Å². The van der Waals surface area contributed by atoms with Crippen molar-refractivity contribution in [2.75, 3.05) is 7.05 Å². The first-order valence-electron chi connectivity index (χ1n) is 11.2. The maximum Gasteiger partial charge on any atom is 0.262 e. The number of rotatable bonds is 6. The Kier molecular flexibility index (Phi) is 5.80. The van der Waals surface area contributed by atoms with Crippen LogP contribution in [0.1, 0.15) is 48.2 Å². The summed E-state index contributed by atoms with van der Waals surface area (Å²) in [6.45, 7) is 2.33. The van der Waals surface area contributed by atoms with Gasteiger partial charge in [-0.1, -0.05) is 12.1 Å². The fraction of sp³-hybridized carbons (Fsp3) is 0.375. The van der Waals surface area contributed by atoms with Crippen LogP contribution in [0.25, 0.3) is 15.9 Å². The minimum Gasteiger partial charge on any atom is -0.339 e. The predicted molar refractivity (Wildman–Crippen MR) is 128 cm³/mol. The van der Waals surface area contributed by atoms with Crippen molar-refractivity contribution < 1.29 is 4.79 Å². The Hall–Kier alpha value is -3.33. The fourth-order valence-corrected chi connectivity index (χ4v) is 5.64. The summed E-state index contributed by atoms with van der Waals surface area (Å²) in [7, 11) is 1.80. The SMILES string of the molecule is C[C@@H](c1ccc(-n2cncn2)cc1)N(C)C(=O)CCn1cnc2sc3c(c2c1=O)CCCC3. The average Bonchev–Trinajstić information content (AvgIpc) is 3.51. The van der Waals surface area contributed by atoms with Crippen molar-refractivity contribution in [3.05, 3.63) is 69.6 Å². The molecule has 1 amide bonds. The molecule has 3 aromatic heterocycles. The summed E-state index contributed by atoms with van der Waals surface area (Å²) in [5, 5.41) is 4.90. The molecule has 33 heavy (non-hydrogen) atoms. The van der Waals surface area contributed by atoms with Crippen molar-refractivity contribution in [3.63, 3.8) is 0 Å². The first-order valence-corrected chi connectivity index (χ1v) is 12.0. The van der Waals surface area contributed by atoms with Gasteiger partial charge < -0.3 is 4.90 Å². The van der Waals surface area contributed by atoms with E-state index in [1.807, 2.05) is 31.2 Å². The lowest BCUT2D eigenvalue weighted by molar-refractivity contribution is -0.132. The lowest BCUT2D eigenvalue weighted by Gasteiger charge is -2.25. The van der Waals surface area contributed by atoms with Gasteiger partial charge in [0, 0.05) is 24.9 Å². The second kappa shape index (κ2) is 8.90. The van der Waals surface area contributed by atoms with E-state index in [0.29, 0.717) is 6.54 Å². The Morgan fingerprint density at radius 2 is 1.97 bits per heavy atom. The molecule has 1 atom stereocenters. The number of aryl methyl sites for hydroxylation is 3. The van der Waals surface area contributed by atoms with Crippen molar-refractivity contribution in [1.82, 2.24) is 29.2 Å². The van der Waals surface area contributed by atoms with E-state index in [4.69, 9.17) is 0 Å². The molecule has 170 valence electrons. The summed E-state index contributed by atoms with van der Waals surface area (Å²) in [5.74, 6) is -0.0119. The molecule has 0 radical (unpaired) electrons. The van der Waals surface area contributed by atoms with E-state index < -0.39 is 0 Å². The Morgan fingerprint density at radius 3 is 2.73 bits per heavy atom. The quantitative estimate of drug-likeness (QED) is 0.438. The zero-order valence-corrected chi connectivity index (χ0v) is 19.6. The van der Waals surface area contributed by atoms with Crippen LogP contribution in [0, 0.1) is 0 Å². The van der Waals surface area contributed by atoms with Crippen LogP contribution >= 0.6 is 11.3 Å². The third-order valence-electron chi connectivity index (χ3n) is 6.54. The molecule has 5 rings (SSSR count). The number of benzene rings is 1. The number of nitrogens with zero attached hydrogens (tertiary/aromatic N) is 6. The van der Waals surface area contributed by atoms with Crippen LogP contribution in [0.15, 0.2) is 48.0 Å². The zero-order valence-electron chi connectivity index (χ0n) is 18.8. The first-order chi connectivity index (χ1) is 16.0. The van der Waals surface area contributed by atoms with Crippen LogP contribution < -0.4 is 5.56 Å². The van der Waals surface area contributed by atoms with Crippen LogP contribution in [0.3, 0.4) is 0 Å². The summed E-state index contributed by atoms with van der Waals surface area (Å²) < 4.78 is 3.28. The van der Waals surface area contributed by atoms with Crippen LogP contribution in [-0.2, 0) is 24.2 Å². The number of amides is 1. The van der Waals surface area contributed by atoms with Gasteiger partial charge in [0.1, 0.15) is 17.5 Å². The first kappa shape index (κ1) is 21.5. The monoisotopic (exact) mass is 462 g/mol. The minimum atomic E-state index is -0.0940.